The zero-order valence-corrected chi connectivity index (χ0v) is 11.2. The van der Waals surface area contributed by atoms with Crippen LogP contribution in [0.2, 0.25) is 0 Å². The van der Waals surface area contributed by atoms with Gasteiger partial charge in [-0.25, -0.2) is 0 Å². The molecular formula is C11H18N2O3S. The van der Waals surface area contributed by atoms with Gasteiger partial charge in [0.15, 0.2) is 5.82 Å². The Hall–Kier alpha value is -1.04. The molecule has 1 rings (SSSR count). The van der Waals surface area contributed by atoms with Crippen LogP contribution < -0.4 is 0 Å². The maximum Gasteiger partial charge on any atom is 0.306 e. The van der Waals surface area contributed by atoms with Gasteiger partial charge in [0, 0.05) is 11.7 Å². The lowest BCUT2D eigenvalue weighted by Crippen LogP contribution is -2.10. The summed E-state index contributed by atoms with van der Waals surface area (Å²) in [6, 6.07) is 0. The van der Waals surface area contributed by atoms with Crippen molar-refractivity contribution in [3.05, 3.63) is 11.7 Å². The van der Waals surface area contributed by atoms with E-state index in [9.17, 15) is 4.79 Å². The van der Waals surface area contributed by atoms with E-state index < -0.39 is 0 Å². The lowest BCUT2D eigenvalue weighted by molar-refractivity contribution is -0.142. The summed E-state index contributed by atoms with van der Waals surface area (Å²) in [5.74, 6) is 1.83. The van der Waals surface area contributed by atoms with Crippen molar-refractivity contribution in [1.82, 2.24) is 10.1 Å². The van der Waals surface area contributed by atoms with Gasteiger partial charge < -0.3 is 9.26 Å². The molecule has 17 heavy (non-hydrogen) atoms. The number of aromatic nitrogens is 2. The molecule has 1 aromatic rings. The minimum atomic E-state index is -0.158. The summed E-state index contributed by atoms with van der Waals surface area (Å²) in [5, 5.41) is 4.04. The van der Waals surface area contributed by atoms with Gasteiger partial charge in [-0.1, -0.05) is 19.0 Å². The molecule has 0 saturated heterocycles. The van der Waals surface area contributed by atoms with Gasteiger partial charge in [-0.05, 0) is 6.92 Å². The third-order valence-electron chi connectivity index (χ3n) is 2.07. The lowest BCUT2D eigenvalue weighted by atomic mass is 10.3. The van der Waals surface area contributed by atoms with Gasteiger partial charge in [-0.3, -0.25) is 4.79 Å². The number of esters is 1. The van der Waals surface area contributed by atoms with E-state index in [1.54, 1.807) is 18.7 Å². The topological polar surface area (TPSA) is 65.2 Å². The third kappa shape index (κ3) is 5.21. The Morgan fingerprint density at radius 2 is 2.29 bits per heavy atom. The van der Waals surface area contributed by atoms with E-state index in [1.807, 2.05) is 13.8 Å². The Morgan fingerprint density at radius 3 is 2.88 bits per heavy atom. The molecule has 0 aliphatic carbocycles. The summed E-state index contributed by atoms with van der Waals surface area (Å²) in [4.78, 5) is 15.4. The van der Waals surface area contributed by atoms with Crippen molar-refractivity contribution in [2.75, 3.05) is 6.61 Å². The van der Waals surface area contributed by atoms with Gasteiger partial charge in [-0.2, -0.15) is 4.98 Å². The minimum Gasteiger partial charge on any atom is -0.466 e. The van der Waals surface area contributed by atoms with E-state index in [0.29, 0.717) is 30.5 Å². The fourth-order valence-electron chi connectivity index (χ4n) is 1.22. The number of rotatable bonds is 7. The Bertz CT molecular complexity index is 354. The average molecular weight is 258 g/mol. The number of aryl methyl sites for hydroxylation is 1. The Kier molecular flexibility index (Phi) is 6.04. The van der Waals surface area contributed by atoms with Crippen molar-refractivity contribution in [3.63, 3.8) is 0 Å². The normalized spacial score (nSPS) is 12.4. The second kappa shape index (κ2) is 7.32. The Morgan fingerprint density at radius 1 is 1.53 bits per heavy atom. The van der Waals surface area contributed by atoms with Gasteiger partial charge in [0.2, 0.25) is 5.89 Å². The summed E-state index contributed by atoms with van der Waals surface area (Å²) in [7, 11) is 0. The Balaban J connectivity index is 2.27. The molecule has 0 radical (unpaired) electrons. The first-order chi connectivity index (χ1) is 8.15. The van der Waals surface area contributed by atoms with Crippen molar-refractivity contribution in [3.8, 4) is 0 Å². The molecular weight excluding hydrogens is 240 g/mol. The lowest BCUT2D eigenvalue weighted by Gasteiger charge is -2.08. The molecule has 1 aromatic heterocycles. The van der Waals surface area contributed by atoms with E-state index in [-0.39, 0.29) is 11.2 Å². The predicted molar refractivity (Wildman–Crippen MR) is 65.7 cm³/mol. The zero-order valence-electron chi connectivity index (χ0n) is 10.4. The molecule has 6 heteroatoms. The number of carbonyl (C=O) groups excluding carboxylic acids is 1. The monoisotopic (exact) mass is 258 g/mol. The highest BCUT2D eigenvalue weighted by Crippen LogP contribution is 2.19. The van der Waals surface area contributed by atoms with Gasteiger partial charge >= 0.3 is 5.97 Å². The van der Waals surface area contributed by atoms with Crippen LogP contribution in [0.25, 0.3) is 0 Å². The van der Waals surface area contributed by atoms with Crippen LogP contribution in [-0.4, -0.2) is 28.0 Å². The van der Waals surface area contributed by atoms with E-state index in [2.05, 4.69) is 10.1 Å². The van der Waals surface area contributed by atoms with Gasteiger partial charge in [-0.15, -0.1) is 11.8 Å². The molecule has 0 aliphatic rings. The second-order valence-electron chi connectivity index (χ2n) is 3.59. The highest BCUT2D eigenvalue weighted by atomic mass is 32.2. The van der Waals surface area contributed by atoms with Crippen LogP contribution >= 0.6 is 11.8 Å². The number of nitrogens with zero attached hydrogens (tertiary/aromatic N) is 2. The van der Waals surface area contributed by atoms with E-state index in [0.717, 1.165) is 6.42 Å². The maximum atomic E-state index is 11.2. The molecule has 1 atom stereocenters. The van der Waals surface area contributed by atoms with Crippen LogP contribution in [0.15, 0.2) is 4.52 Å². The molecule has 5 nitrogen and oxygen atoms in total. The van der Waals surface area contributed by atoms with Gasteiger partial charge in [0.25, 0.3) is 0 Å². The average Bonchev–Trinajstić information content (AvgIpc) is 2.74. The Labute approximate surface area is 105 Å². The number of hydrogen-bond acceptors (Lipinski definition) is 6. The van der Waals surface area contributed by atoms with Crippen molar-refractivity contribution in [1.29, 1.82) is 0 Å². The van der Waals surface area contributed by atoms with Crippen molar-refractivity contribution in [2.24, 2.45) is 0 Å². The van der Waals surface area contributed by atoms with Crippen LogP contribution in [0.4, 0.5) is 0 Å². The van der Waals surface area contributed by atoms with E-state index in [1.165, 1.54) is 0 Å². The van der Waals surface area contributed by atoms with Crippen LogP contribution in [0.1, 0.15) is 38.9 Å². The molecule has 0 N–H and O–H groups in total. The molecule has 0 spiro atoms. The predicted octanol–water partition coefficient (Wildman–Crippen LogP) is 2.21. The standard InChI is InChI=1S/C11H18N2O3S/c1-4-10-12-9(13-16-10)7-17-8(3)6-11(14)15-5-2/h8H,4-7H2,1-3H3/t8-/m1/s1. The first-order valence-electron chi connectivity index (χ1n) is 5.74. The summed E-state index contributed by atoms with van der Waals surface area (Å²) in [6.45, 7) is 6.19. The number of ether oxygens (including phenoxy) is 1. The highest BCUT2D eigenvalue weighted by Gasteiger charge is 2.12. The van der Waals surface area contributed by atoms with Gasteiger partial charge in [0.1, 0.15) is 0 Å². The van der Waals surface area contributed by atoms with Crippen molar-refractivity contribution >= 4 is 17.7 Å². The first-order valence-corrected chi connectivity index (χ1v) is 6.79. The van der Waals surface area contributed by atoms with E-state index in [4.69, 9.17) is 9.26 Å². The molecule has 0 aliphatic heterocycles. The van der Waals surface area contributed by atoms with E-state index >= 15 is 0 Å². The minimum absolute atomic E-state index is 0.158. The second-order valence-corrected chi connectivity index (χ2v) is 5.02. The molecule has 0 unspecified atom stereocenters. The first kappa shape index (κ1) is 14.0. The van der Waals surface area contributed by atoms with Crippen molar-refractivity contribution < 1.29 is 14.1 Å². The fraction of sp³-hybridized carbons (Fsp3) is 0.727. The molecule has 0 fully saturated rings. The fourth-order valence-corrected chi connectivity index (χ4v) is 2.03. The molecule has 0 bridgehead atoms. The smallest absolute Gasteiger partial charge is 0.306 e. The third-order valence-corrected chi connectivity index (χ3v) is 3.23. The molecule has 1 heterocycles. The SMILES string of the molecule is CCOC(=O)C[C@@H](C)SCc1noc(CC)n1. The molecule has 0 saturated carbocycles. The molecule has 0 amide bonds. The summed E-state index contributed by atoms with van der Waals surface area (Å²) < 4.78 is 9.88. The summed E-state index contributed by atoms with van der Waals surface area (Å²) >= 11 is 1.62. The van der Waals surface area contributed by atoms with Crippen LogP contribution in [0.5, 0.6) is 0 Å². The largest absolute Gasteiger partial charge is 0.466 e. The van der Waals surface area contributed by atoms with Crippen LogP contribution in [0.3, 0.4) is 0 Å². The summed E-state index contributed by atoms with van der Waals surface area (Å²) in [5.41, 5.74) is 0. The summed E-state index contributed by atoms with van der Waals surface area (Å²) in [6.07, 6.45) is 1.16. The van der Waals surface area contributed by atoms with Crippen molar-refractivity contribution in [2.45, 2.75) is 44.6 Å². The quantitative estimate of drug-likeness (QED) is 0.699. The van der Waals surface area contributed by atoms with Crippen LogP contribution in [-0.2, 0) is 21.7 Å². The maximum absolute atomic E-state index is 11.2. The number of hydrogen-bond donors (Lipinski definition) is 0. The molecule has 0 aromatic carbocycles. The number of thioether (sulfide) groups is 1. The zero-order chi connectivity index (χ0) is 12.7. The number of carbonyl (C=O) groups is 1. The highest BCUT2D eigenvalue weighted by molar-refractivity contribution is 7.99. The van der Waals surface area contributed by atoms with Crippen LogP contribution in [0, 0.1) is 0 Å². The van der Waals surface area contributed by atoms with Gasteiger partial charge in [0.05, 0.1) is 18.8 Å². The molecule has 96 valence electrons.